The molecule has 120 valence electrons. The maximum Gasteiger partial charge on any atom is 0.315 e. The van der Waals surface area contributed by atoms with Crippen molar-refractivity contribution in [3.63, 3.8) is 0 Å². The standard InChI is InChI=1S/C15H27N3O3/c1-21-13-10-18(11-13)14(19)8-5-9-16-15(20)17-12-6-3-2-4-7-12/h12-13H,2-11H2,1H3,(H2,16,17,20). The fourth-order valence-corrected chi connectivity index (χ4v) is 2.87. The van der Waals surface area contributed by atoms with E-state index in [-0.39, 0.29) is 18.0 Å². The Morgan fingerprint density at radius 1 is 1.19 bits per heavy atom. The molecule has 2 N–H and O–H groups in total. The van der Waals surface area contributed by atoms with E-state index < -0.39 is 0 Å². The average molecular weight is 297 g/mol. The van der Waals surface area contributed by atoms with Gasteiger partial charge < -0.3 is 20.3 Å². The van der Waals surface area contributed by atoms with Crippen LogP contribution in [0.3, 0.4) is 0 Å². The van der Waals surface area contributed by atoms with Gasteiger partial charge in [-0.3, -0.25) is 4.79 Å². The van der Waals surface area contributed by atoms with Crippen molar-refractivity contribution in [3.05, 3.63) is 0 Å². The number of likely N-dealkylation sites (tertiary alicyclic amines) is 1. The van der Waals surface area contributed by atoms with E-state index in [4.69, 9.17) is 4.74 Å². The molecule has 2 rings (SSSR count). The maximum atomic E-state index is 11.8. The fourth-order valence-electron chi connectivity index (χ4n) is 2.87. The number of methoxy groups -OCH3 is 1. The number of hydrogen-bond acceptors (Lipinski definition) is 3. The lowest BCUT2D eigenvalue weighted by Crippen LogP contribution is -2.54. The predicted molar refractivity (Wildman–Crippen MR) is 80.0 cm³/mol. The van der Waals surface area contributed by atoms with Crippen LogP contribution in [0.2, 0.25) is 0 Å². The number of carbonyl (C=O) groups is 2. The first-order chi connectivity index (χ1) is 10.2. The second-order valence-corrected chi connectivity index (χ2v) is 6.00. The van der Waals surface area contributed by atoms with E-state index in [1.807, 2.05) is 0 Å². The van der Waals surface area contributed by atoms with Crippen LogP contribution in [0.25, 0.3) is 0 Å². The summed E-state index contributed by atoms with van der Waals surface area (Å²) >= 11 is 0. The lowest BCUT2D eigenvalue weighted by atomic mass is 9.96. The molecule has 0 spiro atoms. The van der Waals surface area contributed by atoms with Gasteiger partial charge in [-0.2, -0.15) is 0 Å². The summed E-state index contributed by atoms with van der Waals surface area (Å²) in [5.41, 5.74) is 0. The van der Waals surface area contributed by atoms with Crippen LogP contribution in [-0.2, 0) is 9.53 Å². The van der Waals surface area contributed by atoms with E-state index in [0.29, 0.717) is 38.5 Å². The maximum absolute atomic E-state index is 11.8. The number of ether oxygens (including phenoxy) is 1. The van der Waals surface area contributed by atoms with Gasteiger partial charge in [0.2, 0.25) is 5.91 Å². The van der Waals surface area contributed by atoms with Crippen molar-refractivity contribution in [1.29, 1.82) is 0 Å². The van der Waals surface area contributed by atoms with Crippen LogP contribution in [0.5, 0.6) is 0 Å². The zero-order valence-electron chi connectivity index (χ0n) is 12.9. The van der Waals surface area contributed by atoms with E-state index in [2.05, 4.69) is 10.6 Å². The third kappa shape index (κ3) is 5.19. The number of carbonyl (C=O) groups excluding carboxylic acids is 2. The van der Waals surface area contributed by atoms with Crippen molar-refractivity contribution in [2.45, 2.75) is 57.1 Å². The molecular weight excluding hydrogens is 270 g/mol. The molecule has 6 nitrogen and oxygen atoms in total. The van der Waals surface area contributed by atoms with Gasteiger partial charge in [0.25, 0.3) is 0 Å². The van der Waals surface area contributed by atoms with Gasteiger partial charge in [0.1, 0.15) is 0 Å². The van der Waals surface area contributed by atoms with Gasteiger partial charge in [-0.25, -0.2) is 4.79 Å². The molecule has 2 fully saturated rings. The topological polar surface area (TPSA) is 70.7 Å². The second kappa shape index (κ2) is 8.22. The predicted octanol–water partition coefficient (Wildman–Crippen LogP) is 1.26. The van der Waals surface area contributed by atoms with Crippen molar-refractivity contribution >= 4 is 11.9 Å². The second-order valence-electron chi connectivity index (χ2n) is 6.00. The Labute approximate surface area is 126 Å². The van der Waals surface area contributed by atoms with Gasteiger partial charge in [0.15, 0.2) is 0 Å². The minimum absolute atomic E-state index is 0.0993. The summed E-state index contributed by atoms with van der Waals surface area (Å²) in [5, 5.41) is 5.84. The molecule has 1 aliphatic heterocycles. The van der Waals surface area contributed by atoms with E-state index in [1.165, 1.54) is 19.3 Å². The minimum Gasteiger partial charge on any atom is -0.378 e. The average Bonchev–Trinajstić information content (AvgIpc) is 2.43. The third-order valence-electron chi connectivity index (χ3n) is 4.33. The first-order valence-corrected chi connectivity index (χ1v) is 8.04. The molecule has 0 aromatic carbocycles. The van der Waals surface area contributed by atoms with Crippen LogP contribution in [0.4, 0.5) is 4.79 Å². The Balaban J connectivity index is 1.49. The summed E-state index contributed by atoms with van der Waals surface area (Å²) in [5.74, 6) is 0.151. The molecule has 0 bridgehead atoms. The smallest absolute Gasteiger partial charge is 0.315 e. The number of rotatable bonds is 6. The van der Waals surface area contributed by atoms with Crippen molar-refractivity contribution in [3.8, 4) is 0 Å². The van der Waals surface area contributed by atoms with Crippen molar-refractivity contribution in [1.82, 2.24) is 15.5 Å². The van der Waals surface area contributed by atoms with Crippen molar-refractivity contribution < 1.29 is 14.3 Å². The van der Waals surface area contributed by atoms with Crippen molar-refractivity contribution in [2.75, 3.05) is 26.7 Å². The zero-order chi connectivity index (χ0) is 15.1. The number of urea groups is 1. The molecule has 2 aliphatic rings. The molecule has 1 saturated heterocycles. The number of nitrogens with one attached hydrogen (secondary N) is 2. The monoisotopic (exact) mass is 297 g/mol. The SMILES string of the molecule is COC1CN(C(=O)CCCNC(=O)NC2CCCCC2)C1. The first-order valence-electron chi connectivity index (χ1n) is 8.04. The van der Waals surface area contributed by atoms with Gasteiger partial charge in [0.05, 0.1) is 6.10 Å². The number of nitrogens with zero attached hydrogens (tertiary/aromatic N) is 1. The fraction of sp³-hybridized carbons (Fsp3) is 0.867. The Morgan fingerprint density at radius 2 is 1.90 bits per heavy atom. The molecule has 1 heterocycles. The molecule has 0 radical (unpaired) electrons. The summed E-state index contributed by atoms with van der Waals surface area (Å²) in [6, 6.07) is 0.227. The molecular formula is C15H27N3O3. The Hall–Kier alpha value is -1.30. The van der Waals surface area contributed by atoms with Crippen LogP contribution < -0.4 is 10.6 Å². The van der Waals surface area contributed by atoms with E-state index in [9.17, 15) is 9.59 Å². The van der Waals surface area contributed by atoms with Crippen LogP contribution in [-0.4, -0.2) is 55.7 Å². The molecule has 6 heteroatoms. The molecule has 1 saturated carbocycles. The zero-order valence-corrected chi connectivity index (χ0v) is 12.9. The normalized spacial score (nSPS) is 20.0. The molecule has 0 unspecified atom stereocenters. The Bertz CT molecular complexity index is 350. The van der Waals surface area contributed by atoms with Crippen LogP contribution in [0.15, 0.2) is 0 Å². The van der Waals surface area contributed by atoms with Gasteiger partial charge >= 0.3 is 6.03 Å². The summed E-state index contributed by atoms with van der Waals surface area (Å²) < 4.78 is 5.14. The largest absolute Gasteiger partial charge is 0.378 e. The highest BCUT2D eigenvalue weighted by molar-refractivity contribution is 5.77. The summed E-state index contributed by atoms with van der Waals surface area (Å²) in [6.07, 6.45) is 7.24. The highest BCUT2D eigenvalue weighted by atomic mass is 16.5. The Kier molecular flexibility index (Phi) is 6.29. The molecule has 0 aromatic heterocycles. The Morgan fingerprint density at radius 3 is 2.57 bits per heavy atom. The third-order valence-corrected chi connectivity index (χ3v) is 4.33. The first kappa shape index (κ1) is 16.1. The molecule has 3 amide bonds. The highest BCUT2D eigenvalue weighted by Gasteiger charge is 2.29. The van der Waals surface area contributed by atoms with E-state index >= 15 is 0 Å². The lowest BCUT2D eigenvalue weighted by molar-refractivity contribution is -0.143. The van der Waals surface area contributed by atoms with Gasteiger partial charge in [-0.05, 0) is 19.3 Å². The van der Waals surface area contributed by atoms with Gasteiger partial charge in [-0.1, -0.05) is 19.3 Å². The van der Waals surface area contributed by atoms with Crippen LogP contribution in [0, 0.1) is 0 Å². The van der Waals surface area contributed by atoms with Crippen LogP contribution >= 0.6 is 0 Å². The quantitative estimate of drug-likeness (QED) is 0.725. The molecule has 1 aliphatic carbocycles. The van der Waals surface area contributed by atoms with Crippen LogP contribution in [0.1, 0.15) is 44.9 Å². The summed E-state index contributed by atoms with van der Waals surface area (Å²) in [7, 11) is 1.67. The van der Waals surface area contributed by atoms with E-state index in [1.54, 1.807) is 12.0 Å². The van der Waals surface area contributed by atoms with E-state index in [0.717, 1.165) is 12.8 Å². The highest BCUT2D eigenvalue weighted by Crippen LogP contribution is 2.17. The molecule has 0 atom stereocenters. The molecule has 21 heavy (non-hydrogen) atoms. The molecule has 0 aromatic rings. The number of hydrogen-bond donors (Lipinski definition) is 2. The van der Waals surface area contributed by atoms with Crippen molar-refractivity contribution in [2.24, 2.45) is 0 Å². The summed E-state index contributed by atoms with van der Waals surface area (Å²) in [6.45, 7) is 1.95. The number of amides is 3. The summed E-state index contributed by atoms with van der Waals surface area (Å²) in [4.78, 5) is 25.3. The minimum atomic E-state index is -0.0993. The lowest BCUT2D eigenvalue weighted by Gasteiger charge is -2.38. The van der Waals surface area contributed by atoms with Gasteiger partial charge in [0, 0.05) is 39.2 Å². The van der Waals surface area contributed by atoms with Gasteiger partial charge in [-0.15, -0.1) is 0 Å².